The van der Waals surface area contributed by atoms with E-state index in [1.807, 2.05) is 36.4 Å². The van der Waals surface area contributed by atoms with E-state index >= 15 is 0 Å². The van der Waals surface area contributed by atoms with Crippen molar-refractivity contribution in [1.82, 2.24) is 0 Å². The van der Waals surface area contributed by atoms with E-state index in [1.54, 1.807) is 0 Å². The Labute approximate surface area is 108 Å². The number of hydrogen-bond acceptors (Lipinski definition) is 1. The predicted molar refractivity (Wildman–Crippen MR) is 78.1 cm³/mol. The van der Waals surface area contributed by atoms with E-state index in [4.69, 9.17) is 5.73 Å². The molecule has 0 saturated carbocycles. The minimum atomic E-state index is 0.695. The van der Waals surface area contributed by atoms with Crippen LogP contribution < -0.4 is 5.73 Å². The molecule has 2 aromatic rings. The molecule has 2 heteroatoms. The van der Waals surface area contributed by atoms with Gasteiger partial charge < -0.3 is 5.73 Å². The molecule has 0 aliphatic rings. The summed E-state index contributed by atoms with van der Waals surface area (Å²) in [5, 5.41) is 0. The largest absolute Gasteiger partial charge is 0.387 e. The van der Waals surface area contributed by atoms with E-state index in [1.165, 1.54) is 5.56 Å². The van der Waals surface area contributed by atoms with Crippen LogP contribution in [0.25, 0.3) is 11.1 Å². The van der Waals surface area contributed by atoms with Crippen molar-refractivity contribution in [2.24, 2.45) is 10.7 Å². The van der Waals surface area contributed by atoms with Crippen LogP contribution in [0.5, 0.6) is 0 Å². The minimum Gasteiger partial charge on any atom is -0.387 e. The lowest BCUT2D eigenvalue weighted by atomic mass is 10.0. The molecule has 0 fully saturated rings. The minimum absolute atomic E-state index is 0.695. The normalized spacial score (nSPS) is 11.5. The fourth-order valence-corrected chi connectivity index (χ4v) is 1.90. The topological polar surface area (TPSA) is 38.4 Å². The highest BCUT2D eigenvalue weighted by Gasteiger charge is 2.03. The number of nitrogens with two attached hydrogens (primary N) is 1. The SMILES string of the molecule is CCCC(N)=Nc1ccccc1-c1ccccc1. The van der Waals surface area contributed by atoms with Crippen molar-refractivity contribution in [3.63, 3.8) is 0 Å². The van der Waals surface area contributed by atoms with Gasteiger partial charge in [-0.05, 0) is 18.1 Å². The molecule has 0 saturated heterocycles. The summed E-state index contributed by atoms with van der Waals surface area (Å²) in [7, 11) is 0. The molecule has 0 heterocycles. The molecule has 0 atom stereocenters. The molecular weight excluding hydrogens is 220 g/mol. The zero-order valence-electron chi connectivity index (χ0n) is 10.6. The van der Waals surface area contributed by atoms with Crippen LogP contribution in [0.1, 0.15) is 19.8 Å². The van der Waals surface area contributed by atoms with E-state index in [0.717, 1.165) is 24.1 Å². The van der Waals surface area contributed by atoms with Gasteiger partial charge in [0.1, 0.15) is 0 Å². The van der Waals surface area contributed by atoms with Crippen molar-refractivity contribution in [3.8, 4) is 11.1 Å². The lowest BCUT2D eigenvalue weighted by Gasteiger charge is -2.06. The lowest BCUT2D eigenvalue weighted by Crippen LogP contribution is -2.10. The number of para-hydroxylation sites is 1. The van der Waals surface area contributed by atoms with Crippen LogP contribution in [-0.2, 0) is 0 Å². The van der Waals surface area contributed by atoms with Gasteiger partial charge in [-0.25, -0.2) is 4.99 Å². The Kier molecular flexibility index (Phi) is 4.13. The molecule has 2 rings (SSSR count). The Morgan fingerprint density at radius 2 is 1.67 bits per heavy atom. The maximum atomic E-state index is 5.91. The highest BCUT2D eigenvalue weighted by molar-refractivity contribution is 5.86. The van der Waals surface area contributed by atoms with Crippen molar-refractivity contribution in [2.75, 3.05) is 0 Å². The van der Waals surface area contributed by atoms with Crippen molar-refractivity contribution < 1.29 is 0 Å². The van der Waals surface area contributed by atoms with Gasteiger partial charge in [0, 0.05) is 12.0 Å². The summed E-state index contributed by atoms with van der Waals surface area (Å²) in [6.45, 7) is 2.10. The van der Waals surface area contributed by atoms with Gasteiger partial charge in [0.25, 0.3) is 0 Å². The molecule has 0 amide bonds. The number of hydrogen-bond donors (Lipinski definition) is 1. The predicted octanol–water partition coefficient (Wildman–Crippen LogP) is 4.14. The van der Waals surface area contributed by atoms with E-state index in [-0.39, 0.29) is 0 Å². The van der Waals surface area contributed by atoms with Crippen molar-refractivity contribution in [2.45, 2.75) is 19.8 Å². The monoisotopic (exact) mass is 238 g/mol. The van der Waals surface area contributed by atoms with Crippen LogP contribution in [0.15, 0.2) is 59.6 Å². The molecule has 92 valence electrons. The van der Waals surface area contributed by atoms with Gasteiger partial charge >= 0.3 is 0 Å². The Morgan fingerprint density at radius 3 is 2.39 bits per heavy atom. The third-order valence-corrected chi connectivity index (χ3v) is 2.76. The molecule has 2 N–H and O–H groups in total. The molecule has 0 aromatic heterocycles. The van der Waals surface area contributed by atoms with Crippen LogP contribution in [0.3, 0.4) is 0 Å². The van der Waals surface area contributed by atoms with Gasteiger partial charge in [0.15, 0.2) is 0 Å². The van der Waals surface area contributed by atoms with E-state index < -0.39 is 0 Å². The van der Waals surface area contributed by atoms with E-state index in [9.17, 15) is 0 Å². The number of rotatable bonds is 4. The van der Waals surface area contributed by atoms with Crippen LogP contribution in [0.2, 0.25) is 0 Å². The number of nitrogens with zero attached hydrogens (tertiary/aromatic N) is 1. The second-order valence-electron chi connectivity index (χ2n) is 4.24. The first-order valence-electron chi connectivity index (χ1n) is 6.28. The van der Waals surface area contributed by atoms with Crippen LogP contribution in [0, 0.1) is 0 Å². The Bertz CT molecular complexity index is 530. The molecule has 2 nitrogen and oxygen atoms in total. The molecule has 0 aliphatic heterocycles. The smallest absolute Gasteiger partial charge is 0.0996 e. The second kappa shape index (κ2) is 6.01. The molecular formula is C16H18N2. The zero-order chi connectivity index (χ0) is 12.8. The summed E-state index contributed by atoms with van der Waals surface area (Å²) in [5.41, 5.74) is 9.14. The molecule has 2 aromatic carbocycles. The molecule has 0 spiro atoms. The number of amidine groups is 1. The average Bonchev–Trinajstić information content (AvgIpc) is 2.40. The van der Waals surface area contributed by atoms with Crippen molar-refractivity contribution in [1.29, 1.82) is 0 Å². The molecule has 0 radical (unpaired) electrons. The van der Waals surface area contributed by atoms with Crippen molar-refractivity contribution >= 4 is 11.5 Å². The third kappa shape index (κ3) is 2.98. The summed E-state index contributed by atoms with van der Waals surface area (Å²) in [5.74, 6) is 0.695. The second-order valence-corrected chi connectivity index (χ2v) is 4.24. The fraction of sp³-hybridized carbons (Fsp3) is 0.188. The first kappa shape index (κ1) is 12.4. The maximum absolute atomic E-state index is 5.91. The van der Waals surface area contributed by atoms with Crippen LogP contribution in [-0.4, -0.2) is 5.84 Å². The Morgan fingerprint density at radius 1 is 1.00 bits per heavy atom. The van der Waals surface area contributed by atoms with Crippen LogP contribution >= 0.6 is 0 Å². The standard InChI is InChI=1S/C16H18N2/c1-2-8-16(17)18-15-12-7-6-11-14(15)13-9-4-3-5-10-13/h3-7,9-12H,2,8H2,1H3,(H2,17,18). The summed E-state index contributed by atoms with van der Waals surface area (Å²) >= 11 is 0. The van der Waals surface area contributed by atoms with E-state index in [2.05, 4.69) is 30.1 Å². The highest BCUT2D eigenvalue weighted by atomic mass is 14.9. The summed E-state index contributed by atoms with van der Waals surface area (Å²) in [6, 6.07) is 18.4. The van der Waals surface area contributed by atoms with Gasteiger partial charge in [0.2, 0.25) is 0 Å². The highest BCUT2D eigenvalue weighted by Crippen LogP contribution is 2.29. The van der Waals surface area contributed by atoms with Gasteiger partial charge in [-0.3, -0.25) is 0 Å². The maximum Gasteiger partial charge on any atom is 0.0996 e. The molecule has 18 heavy (non-hydrogen) atoms. The quantitative estimate of drug-likeness (QED) is 0.631. The zero-order valence-corrected chi connectivity index (χ0v) is 10.6. The van der Waals surface area contributed by atoms with Gasteiger partial charge in [-0.1, -0.05) is 55.5 Å². The van der Waals surface area contributed by atoms with Gasteiger partial charge in [0.05, 0.1) is 11.5 Å². The summed E-state index contributed by atoms with van der Waals surface area (Å²) in [4.78, 5) is 4.52. The third-order valence-electron chi connectivity index (χ3n) is 2.76. The average molecular weight is 238 g/mol. The van der Waals surface area contributed by atoms with Gasteiger partial charge in [-0.15, -0.1) is 0 Å². The van der Waals surface area contributed by atoms with Crippen molar-refractivity contribution in [3.05, 3.63) is 54.6 Å². The first-order chi connectivity index (χ1) is 8.81. The van der Waals surface area contributed by atoms with Gasteiger partial charge in [-0.2, -0.15) is 0 Å². The lowest BCUT2D eigenvalue weighted by molar-refractivity contribution is 0.983. The molecule has 0 unspecified atom stereocenters. The number of benzene rings is 2. The first-order valence-corrected chi connectivity index (χ1v) is 6.28. The fourth-order valence-electron chi connectivity index (χ4n) is 1.90. The Hall–Kier alpha value is -2.09. The summed E-state index contributed by atoms with van der Waals surface area (Å²) < 4.78 is 0. The molecule has 0 bridgehead atoms. The Balaban J connectivity index is 2.41. The van der Waals surface area contributed by atoms with E-state index in [0.29, 0.717) is 5.84 Å². The van der Waals surface area contributed by atoms with Crippen LogP contribution in [0.4, 0.5) is 5.69 Å². The summed E-state index contributed by atoms with van der Waals surface area (Å²) in [6.07, 6.45) is 1.85. The number of aliphatic imine (C=N–C) groups is 1. The molecule has 0 aliphatic carbocycles.